The number of aromatic amines is 2. The Bertz CT molecular complexity index is 1690. The lowest BCUT2D eigenvalue weighted by atomic mass is 9.95. The van der Waals surface area contributed by atoms with Crippen molar-refractivity contribution in [1.29, 1.82) is 0 Å². The number of sulfonamides is 1. The van der Waals surface area contributed by atoms with E-state index in [-0.39, 0.29) is 16.9 Å². The maximum absolute atomic E-state index is 14.2. The highest BCUT2D eigenvalue weighted by atomic mass is 32.2. The van der Waals surface area contributed by atoms with E-state index in [1.54, 1.807) is 18.2 Å². The van der Waals surface area contributed by atoms with E-state index >= 15 is 0 Å². The Labute approximate surface area is 174 Å². The molecule has 3 heterocycles. The van der Waals surface area contributed by atoms with Gasteiger partial charge >= 0.3 is 0 Å². The summed E-state index contributed by atoms with van der Waals surface area (Å²) in [7, 11) is -3.62. The highest BCUT2D eigenvalue weighted by Crippen LogP contribution is 2.40. The van der Waals surface area contributed by atoms with Gasteiger partial charge in [-0.2, -0.15) is 5.10 Å². The zero-order chi connectivity index (χ0) is 21.9. The van der Waals surface area contributed by atoms with Crippen LogP contribution in [0.15, 0.2) is 47.5 Å². The van der Waals surface area contributed by atoms with Crippen LogP contribution < -0.4 is 16.0 Å². The Morgan fingerprint density at radius 3 is 2.71 bits per heavy atom. The number of nitrogens with zero attached hydrogens (tertiary/aromatic N) is 2. The molecule has 9 nitrogen and oxygen atoms in total. The van der Waals surface area contributed by atoms with Gasteiger partial charge in [0.05, 0.1) is 29.2 Å². The summed E-state index contributed by atoms with van der Waals surface area (Å²) in [6.07, 6.45) is 3.99. The molecule has 3 aromatic heterocycles. The molecule has 5 aromatic rings. The molecule has 156 valence electrons. The molecule has 0 spiro atoms. The minimum absolute atomic E-state index is 0.0878. The summed E-state index contributed by atoms with van der Waals surface area (Å²) < 4.78 is 40.6. The molecule has 0 bridgehead atoms. The number of aromatic nitrogens is 4. The Kier molecular flexibility index (Phi) is 3.99. The maximum Gasteiger partial charge on any atom is 0.272 e. The first-order valence-corrected chi connectivity index (χ1v) is 11.0. The number of H-pyrrole nitrogens is 2. The predicted octanol–water partition coefficient (Wildman–Crippen LogP) is 2.71. The van der Waals surface area contributed by atoms with Gasteiger partial charge in [0.15, 0.2) is 0 Å². The van der Waals surface area contributed by atoms with Crippen LogP contribution in [-0.2, 0) is 10.0 Å². The van der Waals surface area contributed by atoms with Gasteiger partial charge in [0, 0.05) is 27.9 Å². The topological polar surface area (TPSA) is 147 Å². The molecule has 5 rings (SSSR count). The third kappa shape index (κ3) is 2.97. The average molecular weight is 438 g/mol. The second-order valence-corrected chi connectivity index (χ2v) is 8.87. The fraction of sp³-hybridized carbons (Fsp3) is 0.0500. The van der Waals surface area contributed by atoms with Crippen LogP contribution in [-0.4, -0.2) is 34.8 Å². The molecule has 0 aliphatic rings. The van der Waals surface area contributed by atoms with Crippen LogP contribution >= 0.6 is 0 Å². The highest BCUT2D eigenvalue weighted by molar-refractivity contribution is 7.92. The first-order chi connectivity index (χ1) is 14.7. The van der Waals surface area contributed by atoms with E-state index in [0.717, 1.165) is 6.26 Å². The molecule has 0 aliphatic heterocycles. The lowest BCUT2D eigenvalue weighted by Crippen LogP contribution is -2.15. The van der Waals surface area contributed by atoms with Gasteiger partial charge in [-0.3, -0.25) is 19.6 Å². The lowest BCUT2D eigenvalue weighted by molar-refractivity contribution is 0.607. The van der Waals surface area contributed by atoms with E-state index in [9.17, 15) is 17.6 Å². The van der Waals surface area contributed by atoms with Crippen molar-refractivity contribution >= 4 is 54.1 Å². The van der Waals surface area contributed by atoms with Gasteiger partial charge in [0.25, 0.3) is 5.56 Å². The second kappa shape index (κ2) is 6.51. The van der Waals surface area contributed by atoms with Gasteiger partial charge in [-0.05, 0) is 29.8 Å². The van der Waals surface area contributed by atoms with E-state index in [2.05, 4.69) is 24.9 Å². The zero-order valence-electron chi connectivity index (χ0n) is 16.0. The van der Waals surface area contributed by atoms with Crippen LogP contribution in [0.5, 0.6) is 0 Å². The Hall–Kier alpha value is -3.99. The second-order valence-electron chi connectivity index (χ2n) is 7.12. The smallest absolute Gasteiger partial charge is 0.272 e. The summed E-state index contributed by atoms with van der Waals surface area (Å²) in [5.41, 5.74) is 7.56. The Morgan fingerprint density at radius 1 is 1.13 bits per heavy atom. The van der Waals surface area contributed by atoms with Crippen LogP contribution in [0.2, 0.25) is 0 Å². The summed E-state index contributed by atoms with van der Waals surface area (Å²) in [5, 5.41) is 7.93. The van der Waals surface area contributed by atoms with E-state index in [4.69, 9.17) is 5.73 Å². The van der Waals surface area contributed by atoms with Crippen LogP contribution in [0.25, 0.3) is 43.8 Å². The minimum atomic E-state index is -3.62. The predicted molar refractivity (Wildman–Crippen MR) is 118 cm³/mol. The maximum atomic E-state index is 14.2. The molecule has 0 atom stereocenters. The molecule has 0 radical (unpaired) electrons. The first kappa shape index (κ1) is 19.0. The van der Waals surface area contributed by atoms with Crippen molar-refractivity contribution in [3.8, 4) is 11.1 Å². The fourth-order valence-corrected chi connectivity index (χ4v) is 4.37. The Balaban J connectivity index is 2.00. The average Bonchev–Trinajstić information content (AvgIpc) is 3.21. The standard InChI is InChI=1S/C20H15FN6O3S/c1-31(29,30)27-14-7-11-15(9-4-5-13(21)18-12(9)8-24-26-18)16(22)20(28)25-17(11)10-3-2-6-23-19(10)14/h2-8,27H,22H2,1H3,(H,24,26)(H,25,28). The third-order valence-corrected chi connectivity index (χ3v) is 5.63. The number of hydrogen-bond acceptors (Lipinski definition) is 6. The van der Waals surface area contributed by atoms with Crippen molar-refractivity contribution in [2.45, 2.75) is 0 Å². The van der Waals surface area contributed by atoms with Crippen molar-refractivity contribution in [2.24, 2.45) is 0 Å². The molecule has 0 amide bonds. The van der Waals surface area contributed by atoms with E-state index < -0.39 is 21.4 Å². The number of fused-ring (bicyclic) bond motifs is 4. The molecule has 0 fully saturated rings. The summed E-state index contributed by atoms with van der Waals surface area (Å²) in [6, 6.07) is 7.71. The monoisotopic (exact) mass is 438 g/mol. The van der Waals surface area contributed by atoms with Gasteiger partial charge in [0.1, 0.15) is 17.0 Å². The van der Waals surface area contributed by atoms with Crippen molar-refractivity contribution in [1.82, 2.24) is 20.2 Å². The summed E-state index contributed by atoms with van der Waals surface area (Å²) in [5.74, 6) is -0.502. The summed E-state index contributed by atoms with van der Waals surface area (Å²) in [6.45, 7) is 0. The highest BCUT2D eigenvalue weighted by Gasteiger charge is 2.20. The van der Waals surface area contributed by atoms with E-state index in [1.165, 1.54) is 24.5 Å². The van der Waals surface area contributed by atoms with Crippen LogP contribution in [0.1, 0.15) is 0 Å². The summed E-state index contributed by atoms with van der Waals surface area (Å²) >= 11 is 0. The summed E-state index contributed by atoms with van der Waals surface area (Å²) in [4.78, 5) is 19.8. The minimum Gasteiger partial charge on any atom is -0.394 e. The van der Waals surface area contributed by atoms with E-state index in [0.29, 0.717) is 38.3 Å². The molecule has 5 N–H and O–H groups in total. The normalized spacial score (nSPS) is 12.1. The number of halogens is 1. The van der Waals surface area contributed by atoms with Crippen LogP contribution in [0, 0.1) is 5.82 Å². The first-order valence-electron chi connectivity index (χ1n) is 9.07. The Morgan fingerprint density at radius 2 is 1.94 bits per heavy atom. The fourth-order valence-electron chi connectivity index (χ4n) is 3.81. The number of nitrogen functional groups attached to an aromatic ring is 1. The molecule has 0 unspecified atom stereocenters. The van der Waals surface area contributed by atoms with Crippen LogP contribution in [0.4, 0.5) is 15.8 Å². The number of anilines is 2. The third-order valence-electron chi connectivity index (χ3n) is 5.04. The van der Waals surface area contributed by atoms with Gasteiger partial charge in [-0.1, -0.05) is 6.07 Å². The van der Waals surface area contributed by atoms with Crippen molar-refractivity contribution in [2.75, 3.05) is 16.7 Å². The number of nitrogens with two attached hydrogens (primary N) is 1. The number of hydrogen-bond donors (Lipinski definition) is 4. The molecule has 11 heteroatoms. The number of benzene rings is 2. The number of rotatable bonds is 3. The van der Waals surface area contributed by atoms with Crippen molar-refractivity contribution < 1.29 is 12.8 Å². The quantitative estimate of drug-likeness (QED) is 0.319. The lowest BCUT2D eigenvalue weighted by Gasteiger charge is -2.15. The SMILES string of the molecule is CS(=O)(=O)Nc1cc2c(-c3ccc(F)c4[nH]ncc34)c(N)c(=O)[nH]c2c2cccnc12. The molecule has 0 saturated heterocycles. The molecule has 2 aromatic carbocycles. The molecule has 0 aliphatic carbocycles. The molecule has 0 saturated carbocycles. The molecular weight excluding hydrogens is 423 g/mol. The van der Waals surface area contributed by atoms with Gasteiger partial charge in [-0.15, -0.1) is 0 Å². The molecule has 31 heavy (non-hydrogen) atoms. The van der Waals surface area contributed by atoms with Crippen molar-refractivity contribution in [3.63, 3.8) is 0 Å². The largest absolute Gasteiger partial charge is 0.394 e. The van der Waals surface area contributed by atoms with Gasteiger partial charge < -0.3 is 10.7 Å². The van der Waals surface area contributed by atoms with E-state index in [1.807, 2.05) is 0 Å². The number of pyridine rings is 2. The number of nitrogens with one attached hydrogen (secondary N) is 3. The van der Waals surface area contributed by atoms with Crippen LogP contribution in [0.3, 0.4) is 0 Å². The van der Waals surface area contributed by atoms with Gasteiger partial charge in [0.2, 0.25) is 10.0 Å². The zero-order valence-corrected chi connectivity index (χ0v) is 16.8. The van der Waals surface area contributed by atoms with Crippen molar-refractivity contribution in [3.05, 3.63) is 58.9 Å². The van der Waals surface area contributed by atoms with Gasteiger partial charge in [-0.25, -0.2) is 12.8 Å². The molecular formula is C20H15FN6O3S.